The van der Waals surface area contributed by atoms with Crippen LogP contribution in [-0.2, 0) is 12.8 Å². The lowest BCUT2D eigenvalue weighted by molar-refractivity contribution is 0.419. The molecule has 1 aromatic heterocycles. The number of methoxy groups -OCH3 is 1. The van der Waals surface area contributed by atoms with E-state index in [9.17, 15) is 5.11 Å². The Bertz CT molecular complexity index is 1010. The molecule has 1 aliphatic rings. The van der Waals surface area contributed by atoms with Crippen molar-refractivity contribution in [3.05, 3.63) is 47.0 Å². The number of hydrogen-bond acceptors (Lipinski definition) is 5. The van der Waals surface area contributed by atoms with Gasteiger partial charge in [0.1, 0.15) is 17.0 Å². The molecule has 0 radical (unpaired) electrons. The first-order chi connectivity index (χ1) is 12.6. The van der Waals surface area contributed by atoms with E-state index in [1.165, 1.54) is 17.3 Å². The third kappa shape index (κ3) is 2.47. The standard InChI is InChI=1S/C21H21N3O2/c1-26-18-10-17(23)16(11-22)19-14-4-2-3-5-15(14)20(24-21(18)19)12-6-8-13(25)9-7-12/h6-11,22,25H,2-5,23H2,1H3. The number of phenolic OH excluding ortho intramolecular Hbond substituents is 1. The highest BCUT2D eigenvalue weighted by molar-refractivity contribution is 6.07. The first kappa shape index (κ1) is 16.4. The molecule has 26 heavy (non-hydrogen) atoms. The second-order valence-electron chi connectivity index (χ2n) is 6.62. The Morgan fingerprint density at radius 1 is 1.15 bits per heavy atom. The molecule has 0 fully saturated rings. The van der Waals surface area contributed by atoms with Crippen LogP contribution in [0.3, 0.4) is 0 Å². The fourth-order valence-corrected chi connectivity index (χ4v) is 3.89. The number of phenols is 1. The van der Waals surface area contributed by atoms with Crippen LogP contribution in [0.25, 0.3) is 22.2 Å². The van der Waals surface area contributed by atoms with Crippen LogP contribution in [0.1, 0.15) is 29.5 Å². The van der Waals surface area contributed by atoms with E-state index in [1.54, 1.807) is 25.3 Å². The zero-order valence-corrected chi connectivity index (χ0v) is 14.7. The second kappa shape index (κ2) is 6.33. The number of nitrogens with one attached hydrogen (secondary N) is 1. The van der Waals surface area contributed by atoms with Gasteiger partial charge in [-0.1, -0.05) is 0 Å². The molecular formula is C21H21N3O2. The number of pyridine rings is 1. The molecule has 1 heterocycles. The number of nitrogens with zero attached hydrogens (tertiary/aromatic N) is 1. The quantitative estimate of drug-likeness (QED) is 0.492. The van der Waals surface area contributed by atoms with E-state index in [1.807, 2.05) is 12.1 Å². The number of rotatable bonds is 3. The van der Waals surface area contributed by atoms with Crippen molar-refractivity contribution in [1.82, 2.24) is 4.98 Å². The Balaban J connectivity index is 2.13. The van der Waals surface area contributed by atoms with Gasteiger partial charge in [-0.05, 0) is 61.1 Å². The summed E-state index contributed by atoms with van der Waals surface area (Å²) in [5, 5.41) is 18.4. The minimum atomic E-state index is 0.236. The molecule has 4 rings (SSSR count). The molecule has 0 unspecified atom stereocenters. The molecule has 0 aliphatic heterocycles. The molecule has 3 aromatic rings. The van der Waals surface area contributed by atoms with Crippen LogP contribution in [-0.4, -0.2) is 23.4 Å². The Morgan fingerprint density at radius 3 is 2.50 bits per heavy atom. The molecule has 4 N–H and O–H groups in total. The summed E-state index contributed by atoms with van der Waals surface area (Å²) in [5.41, 5.74) is 12.5. The van der Waals surface area contributed by atoms with Crippen LogP contribution in [0.2, 0.25) is 0 Å². The maximum atomic E-state index is 9.62. The van der Waals surface area contributed by atoms with Crippen LogP contribution in [0, 0.1) is 5.41 Å². The molecule has 0 spiro atoms. The molecule has 1 aliphatic carbocycles. The van der Waals surface area contributed by atoms with Gasteiger partial charge in [-0.15, -0.1) is 0 Å². The summed E-state index contributed by atoms with van der Waals surface area (Å²) in [6, 6.07) is 8.88. The van der Waals surface area contributed by atoms with Crippen LogP contribution < -0.4 is 10.5 Å². The summed E-state index contributed by atoms with van der Waals surface area (Å²) in [6.07, 6.45) is 5.42. The van der Waals surface area contributed by atoms with Gasteiger partial charge in [-0.3, -0.25) is 0 Å². The average molecular weight is 347 g/mol. The van der Waals surface area contributed by atoms with Crippen molar-refractivity contribution in [2.24, 2.45) is 0 Å². The van der Waals surface area contributed by atoms with Gasteiger partial charge < -0.3 is 21.0 Å². The Labute approximate surface area is 152 Å². The number of aromatic hydroxyl groups is 1. The monoisotopic (exact) mass is 347 g/mol. The summed E-state index contributed by atoms with van der Waals surface area (Å²) in [5.74, 6) is 0.858. The largest absolute Gasteiger partial charge is 0.508 e. The predicted octanol–water partition coefficient (Wildman–Crippen LogP) is 4.07. The molecule has 5 nitrogen and oxygen atoms in total. The van der Waals surface area contributed by atoms with Crippen LogP contribution in [0.4, 0.5) is 5.69 Å². The normalized spacial score (nSPS) is 13.4. The van der Waals surface area contributed by atoms with E-state index in [2.05, 4.69) is 0 Å². The summed E-state index contributed by atoms with van der Waals surface area (Å²) in [4.78, 5) is 4.94. The van der Waals surface area contributed by atoms with Crippen molar-refractivity contribution in [2.45, 2.75) is 25.7 Å². The molecular weight excluding hydrogens is 326 g/mol. The van der Waals surface area contributed by atoms with Gasteiger partial charge in [0.05, 0.1) is 12.8 Å². The first-order valence-corrected chi connectivity index (χ1v) is 8.76. The maximum absolute atomic E-state index is 9.62. The third-order valence-corrected chi connectivity index (χ3v) is 5.12. The van der Waals surface area contributed by atoms with E-state index in [4.69, 9.17) is 20.9 Å². The zero-order valence-electron chi connectivity index (χ0n) is 14.7. The minimum Gasteiger partial charge on any atom is -0.508 e. The van der Waals surface area contributed by atoms with Crippen LogP contribution >= 0.6 is 0 Å². The van der Waals surface area contributed by atoms with Crippen LogP contribution in [0.15, 0.2) is 30.3 Å². The summed E-state index contributed by atoms with van der Waals surface area (Å²) < 4.78 is 5.55. The molecule has 0 bridgehead atoms. The summed E-state index contributed by atoms with van der Waals surface area (Å²) >= 11 is 0. The van der Waals surface area contributed by atoms with Gasteiger partial charge in [-0.2, -0.15) is 0 Å². The van der Waals surface area contributed by atoms with Gasteiger partial charge in [0.25, 0.3) is 0 Å². The second-order valence-corrected chi connectivity index (χ2v) is 6.62. The number of fused-ring (bicyclic) bond motifs is 3. The lowest BCUT2D eigenvalue weighted by atomic mass is 9.84. The molecule has 2 aromatic carbocycles. The first-order valence-electron chi connectivity index (χ1n) is 8.76. The fourth-order valence-electron chi connectivity index (χ4n) is 3.89. The number of nitrogen functional groups attached to an aromatic ring is 1. The maximum Gasteiger partial charge on any atom is 0.147 e. The van der Waals surface area contributed by atoms with Crippen molar-refractivity contribution in [2.75, 3.05) is 12.8 Å². The predicted molar refractivity (Wildman–Crippen MR) is 104 cm³/mol. The number of aryl methyl sites for hydroxylation is 1. The molecule has 132 valence electrons. The molecule has 5 heteroatoms. The van der Waals surface area contributed by atoms with E-state index in [-0.39, 0.29) is 5.75 Å². The molecule has 0 saturated carbocycles. The SMILES string of the molecule is COc1cc(N)c(C=N)c2c3c(c(-c4ccc(O)cc4)nc12)CCCC3. The van der Waals surface area contributed by atoms with E-state index in [0.717, 1.165) is 47.8 Å². The third-order valence-electron chi connectivity index (χ3n) is 5.12. The number of ether oxygens (including phenoxy) is 1. The molecule has 0 atom stereocenters. The van der Waals surface area contributed by atoms with Gasteiger partial charge in [0, 0.05) is 34.5 Å². The van der Waals surface area contributed by atoms with E-state index < -0.39 is 0 Å². The van der Waals surface area contributed by atoms with Gasteiger partial charge in [-0.25, -0.2) is 4.98 Å². The van der Waals surface area contributed by atoms with Gasteiger partial charge in [0.15, 0.2) is 0 Å². The number of aromatic nitrogens is 1. The topological polar surface area (TPSA) is 92.2 Å². The average Bonchev–Trinajstić information content (AvgIpc) is 2.67. The van der Waals surface area contributed by atoms with Gasteiger partial charge >= 0.3 is 0 Å². The van der Waals surface area contributed by atoms with Crippen molar-refractivity contribution in [3.8, 4) is 22.8 Å². The summed E-state index contributed by atoms with van der Waals surface area (Å²) in [7, 11) is 1.61. The lowest BCUT2D eigenvalue weighted by Gasteiger charge is -2.23. The van der Waals surface area contributed by atoms with Crippen molar-refractivity contribution < 1.29 is 9.84 Å². The Hall–Kier alpha value is -3.08. The Kier molecular flexibility index (Phi) is 3.99. The molecule has 0 amide bonds. The van der Waals surface area contributed by atoms with Crippen molar-refractivity contribution in [1.29, 1.82) is 5.41 Å². The number of nitrogens with two attached hydrogens (primary N) is 1. The van der Waals surface area contributed by atoms with Crippen molar-refractivity contribution in [3.63, 3.8) is 0 Å². The van der Waals surface area contributed by atoms with E-state index in [0.29, 0.717) is 17.0 Å². The zero-order chi connectivity index (χ0) is 18.3. The molecule has 0 saturated heterocycles. The highest BCUT2D eigenvalue weighted by atomic mass is 16.5. The number of anilines is 1. The van der Waals surface area contributed by atoms with E-state index >= 15 is 0 Å². The highest BCUT2D eigenvalue weighted by Gasteiger charge is 2.23. The van der Waals surface area contributed by atoms with Gasteiger partial charge in [0.2, 0.25) is 0 Å². The Morgan fingerprint density at radius 2 is 1.85 bits per heavy atom. The smallest absolute Gasteiger partial charge is 0.147 e. The lowest BCUT2D eigenvalue weighted by Crippen LogP contribution is -2.10. The minimum absolute atomic E-state index is 0.236. The van der Waals surface area contributed by atoms with Crippen molar-refractivity contribution >= 4 is 22.8 Å². The number of hydrogen-bond donors (Lipinski definition) is 3. The fraction of sp³-hybridized carbons (Fsp3) is 0.238. The van der Waals surface area contributed by atoms with Crippen LogP contribution in [0.5, 0.6) is 11.5 Å². The number of benzene rings is 2. The highest BCUT2D eigenvalue weighted by Crippen LogP contribution is 2.41. The summed E-state index contributed by atoms with van der Waals surface area (Å²) in [6.45, 7) is 0.